The molecule has 6 nitrogen and oxygen atoms in total. The second-order valence-corrected chi connectivity index (χ2v) is 7.27. The minimum Gasteiger partial charge on any atom is -0.496 e. The van der Waals surface area contributed by atoms with Crippen molar-refractivity contribution in [1.29, 1.82) is 0 Å². The number of hydrogen-bond donors (Lipinski definition) is 1. The first-order chi connectivity index (χ1) is 13.6. The van der Waals surface area contributed by atoms with Crippen molar-refractivity contribution in [2.24, 2.45) is 0 Å². The van der Waals surface area contributed by atoms with Crippen LogP contribution in [0.15, 0.2) is 36.7 Å². The first-order valence-electron chi connectivity index (χ1n) is 9.58. The van der Waals surface area contributed by atoms with Gasteiger partial charge in [0.1, 0.15) is 11.4 Å². The summed E-state index contributed by atoms with van der Waals surface area (Å²) >= 11 is 0. The molecule has 0 unspecified atom stereocenters. The Labute approximate surface area is 164 Å². The fourth-order valence-corrected chi connectivity index (χ4v) is 3.64. The highest BCUT2D eigenvalue weighted by atomic mass is 16.5. The average molecular weight is 379 g/mol. The molecule has 0 atom stereocenters. The Morgan fingerprint density at radius 1 is 1.25 bits per heavy atom. The zero-order valence-electron chi connectivity index (χ0n) is 16.5. The predicted molar refractivity (Wildman–Crippen MR) is 108 cm³/mol. The van der Waals surface area contributed by atoms with Gasteiger partial charge in [-0.25, -0.2) is 4.98 Å². The van der Waals surface area contributed by atoms with Gasteiger partial charge in [0.2, 0.25) is 0 Å². The molecule has 6 heteroatoms. The lowest BCUT2D eigenvalue weighted by Gasteiger charge is -2.19. The van der Waals surface area contributed by atoms with E-state index < -0.39 is 0 Å². The quantitative estimate of drug-likeness (QED) is 0.741. The predicted octanol–water partition coefficient (Wildman–Crippen LogP) is 4.11. The van der Waals surface area contributed by atoms with Crippen molar-refractivity contribution in [3.05, 3.63) is 59.0 Å². The Hall–Kier alpha value is -2.86. The van der Waals surface area contributed by atoms with E-state index in [1.54, 1.807) is 13.3 Å². The van der Waals surface area contributed by atoms with Gasteiger partial charge in [-0.05, 0) is 43.9 Å². The van der Waals surface area contributed by atoms with E-state index in [1.165, 1.54) is 0 Å². The lowest BCUT2D eigenvalue weighted by molar-refractivity contribution is 0.0846. The van der Waals surface area contributed by atoms with Gasteiger partial charge >= 0.3 is 0 Å². The van der Waals surface area contributed by atoms with Gasteiger partial charge in [-0.3, -0.25) is 4.79 Å². The van der Waals surface area contributed by atoms with Crippen LogP contribution >= 0.6 is 0 Å². The highest BCUT2D eigenvalue weighted by Gasteiger charge is 2.21. The maximum absolute atomic E-state index is 13.0. The van der Waals surface area contributed by atoms with Crippen molar-refractivity contribution in [1.82, 2.24) is 9.38 Å². The van der Waals surface area contributed by atoms with E-state index in [4.69, 9.17) is 14.5 Å². The number of ether oxygens (including phenoxy) is 2. The number of carbonyl (C=O) groups excluding carboxylic acids is 1. The van der Waals surface area contributed by atoms with Gasteiger partial charge in [-0.1, -0.05) is 12.1 Å². The number of aryl methyl sites for hydroxylation is 1. The van der Waals surface area contributed by atoms with Crippen molar-refractivity contribution in [2.75, 3.05) is 25.6 Å². The van der Waals surface area contributed by atoms with Gasteiger partial charge in [0, 0.05) is 43.3 Å². The van der Waals surface area contributed by atoms with Gasteiger partial charge < -0.3 is 19.2 Å². The minimum atomic E-state index is -0.200. The molecule has 1 aromatic carbocycles. The average Bonchev–Trinajstić information content (AvgIpc) is 3.14. The summed E-state index contributed by atoms with van der Waals surface area (Å²) in [5, 5.41) is 3.01. The third-order valence-electron chi connectivity index (χ3n) is 5.53. The molecule has 28 heavy (non-hydrogen) atoms. The molecule has 0 aliphatic carbocycles. The van der Waals surface area contributed by atoms with Crippen LogP contribution in [0.4, 0.5) is 5.69 Å². The molecule has 1 saturated heterocycles. The number of pyridine rings is 1. The Balaban J connectivity index is 1.67. The van der Waals surface area contributed by atoms with Crippen LogP contribution in [0.25, 0.3) is 5.65 Å². The molecule has 0 saturated carbocycles. The Kier molecular flexibility index (Phi) is 5.05. The largest absolute Gasteiger partial charge is 0.496 e. The topological polar surface area (TPSA) is 64.9 Å². The highest BCUT2D eigenvalue weighted by Crippen LogP contribution is 2.29. The number of nitrogens with zero attached hydrogens (tertiary/aromatic N) is 2. The molecule has 4 rings (SSSR count). The number of amides is 1. The molecule has 1 aliphatic rings. The number of imidazole rings is 1. The van der Waals surface area contributed by atoms with E-state index in [9.17, 15) is 4.79 Å². The number of rotatable bonds is 4. The number of aromatic nitrogens is 2. The summed E-state index contributed by atoms with van der Waals surface area (Å²) in [5.41, 5.74) is 5.29. The van der Waals surface area contributed by atoms with E-state index in [0.29, 0.717) is 17.2 Å². The number of carbonyl (C=O) groups is 1. The maximum Gasteiger partial charge on any atom is 0.260 e. The van der Waals surface area contributed by atoms with Crippen LogP contribution in [0.1, 0.15) is 45.9 Å². The van der Waals surface area contributed by atoms with E-state index in [0.717, 1.165) is 54.2 Å². The Bertz CT molecular complexity index is 1020. The molecule has 0 radical (unpaired) electrons. The fourth-order valence-electron chi connectivity index (χ4n) is 3.64. The van der Waals surface area contributed by atoms with Gasteiger partial charge in [-0.2, -0.15) is 0 Å². The lowest BCUT2D eigenvalue weighted by Crippen LogP contribution is -2.15. The third kappa shape index (κ3) is 3.47. The Morgan fingerprint density at radius 2 is 2.04 bits per heavy atom. The molecule has 1 amide bonds. The molecule has 2 aromatic heterocycles. The smallest absolute Gasteiger partial charge is 0.260 e. The van der Waals surface area contributed by atoms with Crippen LogP contribution in [0, 0.1) is 13.8 Å². The van der Waals surface area contributed by atoms with Crippen molar-refractivity contribution in [2.45, 2.75) is 32.6 Å². The van der Waals surface area contributed by atoms with Gasteiger partial charge in [-0.15, -0.1) is 0 Å². The summed E-state index contributed by atoms with van der Waals surface area (Å²) in [5.74, 6) is 0.708. The highest BCUT2D eigenvalue weighted by molar-refractivity contribution is 6.06. The molecule has 0 bridgehead atoms. The molecule has 146 valence electrons. The fraction of sp³-hybridized carbons (Fsp3) is 0.364. The summed E-state index contributed by atoms with van der Waals surface area (Å²) in [6.45, 7) is 5.57. The van der Waals surface area contributed by atoms with Crippen molar-refractivity contribution in [3.63, 3.8) is 0 Å². The van der Waals surface area contributed by atoms with Crippen LogP contribution in [-0.4, -0.2) is 35.6 Å². The molecule has 1 aliphatic heterocycles. The number of hydrogen-bond acceptors (Lipinski definition) is 4. The van der Waals surface area contributed by atoms with Crippen LogP contribution in [0.5, 0.6) is 5.75 Å². The van der Waals surface area contributed by atoms with Crippen molar-refractivity contribution in [3.8, 4) is 5.75 Å². The number of fused-ring (bicyclic) bond motifs is 1. The summed E-state index contributed by atoms with van der Waals surface area (Å²) in [6, 6.07) is 7.70. The Morgan fingerprint density at radius 3 is 2.79 bits per heavy atom. The van der Waals surface area contributed by atoms with E-state index in [1.807, 2.05) is 48.7 Å². The summed E-state index contributed by atoms with van der Waals surface area (Å²) in [6.07, 6.45) is 5.76. The maximum atomic E-state index is 13.0. The van der Waals surface area contributed by atoms with E-state index >= 15 is 0 Å². The molecule has 1 N–H and O–H groups in total. The van der Waals surface area contributed by atoms with Crippen molar-refractivity contribution < 1.29 is 14.3 Å². The molecule has 1 fully saturated rings. The molecular formula is C22H25N3O3. The van der Waals surface area contributed by atoms with E-state index in [2.05, 4.69) is 5.32 Å². The molecule has 0 spiro atoms. The number of anilines is 1. The van der Waals surface area contributed by atoms with Crippen molar-refractivity contribution >= 4 is 17.2 Å². The third-order valence-corrected chi connectivity index (χ3v) is 5.53. The zero-order valence-corrected chi connectivity index (χ0v) is 16.5. The molecule has 3 heterocycles. The van der Waals surface area contributed by atoms with Crippen LogP contribution in [0.3, 0.4) is 0 Å². The zero-order chi connectivity index (χ0) is 19.7. The first-order valence-corrected chi connectivity index (χ1v) is 9.58. The monoisotopic (exact) mass is 379 g/mol. The molecule has 3 aromatic rings. The summed E-state index contributed by atoms with van der Waals surface area (Å²) in [4.78, 5) is 17.7. The van der Waals surface area contributed by atoms with E-state index in [-0.39, 0.29) is 5.91 Å². The summed E-state index contributed by atoms with van der Waals surface area (Å²) in [7, 11) is 1.57. The number of methoxy groups -OCH3 is 1. The SMILES string of the molecule is COc1cc2nc(C3CCOCC3)cn2cc1C(=O)Nc1cccc(C)c1C. The van der Waals surface area contributed by atoms with Crippen LogP contribution in [-0.2, 0) is 4.74 Å². The second-order valence-electron chi connectivity index (χ2n) is 7.27. The van der Waals surface area contributed by atoms with Gasteiger partial charge in [0.15, 0.2) is 0 Å². The van der Waals surface area contributed by atoms with Crippen LogP contribution < -0.4 is 10.1 Å². The first kappa shape index (κ1) is 18.5. The second kappa shape index (κ2) is 7.64. The van der Waals surface area contributed by atoms with Gasteiger partial charge in [0.05, 0.1) is 18.4 Å². The normalized spacial score (nSPS) is 15.0. The number of nitrogens with one attached hydrogen (secondary N) is 1. The molecular weight excluding hydrogens is 354 g/mol. The number of benzene rings is 1. The standard InChI is InChI=1S/C22H25N3O3/c1-14-5-4-6-18(15(14)2)24-22(26)17-12-25-13-19(16-7-9-28-10-8-16)23-21(25)11-20(17)27-3/h4-6,11-13,16H,7-10H2,1-3H3,(H,24,26). The minimum absolute atomic E-state index is 0.200. The summed E-state index contributed by atoms with van der Waals surface area (Å²) < 4.78 is 12.8. The van der Waals surface area contributed by atoms with Gasteiger partial charge in [0.25, 0.3) is 5.91 Å². The van der Waals surface area contributed by atoms with Crippen LogP contribution in [0.2, 0.25) is 0 Å². The lowest BCUT2D eigenvalue weighted by atomic mass is 9.97.